The number of aryl methyl sites for hydroxylation is 1. The van der Waals surface area contributed by atoms with Gasteiger partial charge in [0.25, 0.3) is 0 Å². The third-order valence-electron chi connectivity index (χ3n) is 3.91. The first-order valence-corrected chi connectivity index (χ1v) is 8.45. The molecule has 0 saturated carbocycles. The third-order valence-corrected chi connectivity index (χ3v) is 3.91. The van der Waals surface area contributed by atoms with Gasteiger partial charge < -0.3 is 4.74 Å². The molecule has 118 valence electrons. The van der Waals surface area contributed by atoms with Crippen molar-refractivity contribution in [1.82, 2.24) is 0 Å². The van der Waals surface area contributed by atoms with Crippen molar-refractivity contribution in [2.45, 2.75) is 65.2 Å². The highest BCUT2D eigenvalue weighted by molar-refractivity contribution is 5.69. The summed E-state index contributed by atoms with van der Waals surface area (Å²) < 4.78 is 5.11. The summed E-state index contributed by atoms with van der Waals surface area (Å²) in [6.07, 6.45) is 8.91. The van der Waals surface area contributed by atoms with Crippen molar-refractivity contribution >= 4 is 5.97 Å². The lowest BCUT2D eigenvalue weighted by Gasteiger charge is -2.16. The fraction of sp³-hybridized carbons (Fsp3) is 0.632. The predicted molar refractivity (Wildman–Crippen MR) is 88.3 cm³/mol. The average Bonchev–Trinajstić information content (AvgIpc) is 2.50. The van der Waals surface area contributed by atoms with E-state index in [0.717, 1.165) is 19.3 Å². The van der Waals surface area contributed by atoms with Crippen LogP contribution in [0.25, 0.3) is 0 Å². The number of unbranched alkanes of at least 4 members (excludes halogenated alkanes) is 3. The Kier molecular flexibility index (Phi) is 9.60. The van der Waals surface area contributed by atoms with E-state index in [0.29, 0.717) is 18.9 Å². The second-order valence-electron chi connectivity index (χ2n) is 5.75. The summed E-state index contributed by atoms with van der Waals surface area (Å²) in [6.45, 7) is 4.59. The summed E-state index contributed by atoms with van der Waals surface area (Å²) in [5.74, 6) is 0.423. The van der Waals surface area contributed by atoms with Crippen LogP contribution < -0.4 is 0 Å². The first-order chi connectivity index (χ1) is 10.3. The molecule has 1 aromatic carbocycles. The Morgan fingerprint density at radius 3 is 2.48 bits per heavy atom. The van der Waals surface area contributed by atoms with E-state index in [-0.39, 0.29) is 5.97 Å². The van der Waals surface area contributed by atoms with Gasteiger partial charge in [0.1, 0.15) is 0 Å². The number of rotatable bonds is 11. The number of benzene rings is 1. The van der Waals surface area contributed by atoms with E-state index in [2.05, 4.69) is 31.2 Å². The zero-order valence-electron chi connectivity index (χ0n) is 13.6. The lowest BCUT2D eigenvalue weighted by atomic mass is 9.91. The van der Waals surface area contributed by atoms with Crippen molar-refractivity contribution in [3.05, 3.63) is 35.9 Å². The summed E-state index contributed by atoms with van der Waals surface area (Å²) in [5, 5.41) is 0. The minimum absolute atomic E-state index is 0.0361. The van der Waals surface area contributed by atoms with Gasteiger partial charge in [-0.15, -0.1) is 0 Å². The van der Waals surface area contributed by atoms with Gasteiger partial charge in [-0.3, -0.25) is 4.79 Å². The second kappa shape index (κ2) is 11.4. The highest BCUT2D eigenvalue weighted by Gasteiger charge is 2.14. The number of esters is 1. The summed E-state index contributed by atoms with van der Waals surface area (Å²) in [6, 6.07) is 10.5. The Hall–Kier alpha value is -1.31. The maximum atomic E-state index is 11.7. The van der Waals surface area contributed by atoms with Crippen molar-refractivity contribution in [2.24, 2.45) is 5.92 Å². The largest absolute Gasteiger partial charge is 0.466 e. The van der Waals surface area contributed by atoms with Crippen LogP contribution in [-0.4, -0.2) is 12.6 Å². The molecule has 0 aliphatic heterocycles. The molecule has 0 aromatic heterocycles. The van der Waals surface area contributed by atoms with Crippen LogP contribution in [0.5, 0.6) is 0 Å². The van der Waals surface area contributed by atoms with Crippen LogP contribution in [0.2, 0.25) is 0 Å². The lowest BCUT2D eigenvalue weighted by Crippen LogP contribution is -2.12. The first kappa shape index (κ1) is 17.7. The summed E-state index contributed by atoms with van der Waals surface area (Å²) in [4.78, 5) is 11.7. The first-order valence-electron chi connectivity index (χ1n) is 8.45. The lowest BCUT2D eigenvalue weighted by molar-refractivity contribution is -0.144. The Morgan fingerprint density at radius 2 is 1.81 bits per heavy atom. The Labute approximate surface area is 129 Å². The van der Waals surface area contributed by atoms with E-state index < -0.39 is 0 Å². The Morgan fingerprint density at radius 1 is 1.05 bits per heavy atom. The molecule has 1 aromatic rings. The van der Waals surface area contributed by atoms with Gasteiger partial charge in [0.05, 0.1) is 6.61 Å². The molecule has 0 aliphatic rings. The number of ether oxygens (including phenoxy) is 1. The maximum Gasteiger partial charge on any atom is 0.306 e. The predicted octanol–water partition coefficient (Wildman–Crippen LogP) is 5.16. The molecule has 0 radical (unpaired) electrons. The van der Waals surface area contributed by atoms with Crippen LogP contribution in [-0.2, 0) is 16.0 Å². The quantitative estimate of drug-likeness (QED) is 0.415. The summed E-state index contributed by atoms with van der Waals surface area (Å²) in [7, 11) is 0. The molecule has 2 nitrogen and oxygen atoms in total. The van der Waals surface area contributed by atoms with E-state index in [4.69, 9.17) is 4.74 Å². The van der Waals surface area contributed by atoms with Gasteiger partial charge in [-0.05, 0) is 37.7 Å². The smallest absolute Gasteiger partial charge is 0.306 e. The number of hydrogen-bond donors (Lipinski definition) is 0. The monoisotopic (exact) mass is 290 g/mol. The van der Waals surface area contributed by atoms with E-state index in [1.54, 1.807) is 0 Å². The van der Waals surface area contributed by atoms with E-state index in [1.807, 2.05) is 13.0 Å². The number of carbonyl (C=O) groups excluding carboxylic acids is 1. The molecule has 0 heterocycles. The topological polar surface area (TPSA) is 26.3 Å². The van der Waals surface area contributed by atoms with Crippen LogP contribution in [0.4, 0.5) is 0 Å². The van der Waals surface area contributed by atoms with Crippen LogP contribution in [0, 0.1) is 5.92 Å². The molecule has 1 unspecified atom stereocenters. The van der Waals surface area contributed by atoms with Crippen LogP contribution in [0.3, 0.4) is 0 Å². The molecule has 0 fully saturated rings. The minimum atomic E-state index is -0.0361. The van der Waals surface area contributed by atoms with Crippen LogP contribution >= 0.6 is 0 Å². The van der Waals surface area contributed by atoms with Crippen molar-refractivity contribution in [2.75, 3.05) is 6.61 Å². The zero-order chi connectivity index (χ0) is 15.3. The molecule has 0 saturated heterocycles. The molecule has 0 aliphatic carbocycles. The van der Waals surface area contributed by atoms with E-state index >= 15 is 0 Å². The van der Waals surface area contributed by atoms with Crippen LogP contribution in [0.1, 0.15) is 64.4 Å². The summed E-state index contributed by atoms with van der Waals surface area (Å²) >= 11 is 0. The zero-order valence-corrected chi connectivity index (χ0v) is 13.6. The molecule has 21 heavy (non-hydrogen) atoms. The van der Waals surface area contributed by atoms with Crippen molar-refractivity contribution in [1.29, 1.82) is 0 Å². The molecule has 0 amide bonds. The third kappa shape index (κ3) is 8.54. The summed E-state index contributed by atoms with van der Waals surface area (Å²) in [5.41, 5.74) is 1.36. The maximum absolute atomic E-state index is 11.7. The molecule has 0 bridgehead atoms. The molecule has 1 rings (SSSR count). The van der Waals surface area contributed by atoms with Gasteiger partial charge in [-0.2, -0.15) is 0 Å². The normalized spacial score (nSPS) is 12.1. The van der Waals surface area contributed by atoms with Gasteiger partial charge in [0.15, 0.2) is 0 Å². The average molecular weight is 290 g/mol. The van der Waals surface area contributed by atoms with Crippen LogP contribution in [0.15, 0.2) is 30.3 Å². The molecule has 0 spiro atoms. The fourth-order valence-corrected chi connectivity index (χ4v) is 2.68. The highest BCUT2D eigenvalue weighted by atomic mass is 16.5. The van der Waals surface area contributed by atoms with E-state index in [9.17, 15) is 4.79 Å². The highest BCUT2D eigenvalue weighted by Crippen LogP contribution is 2.21. The molecular weight excluding hydrogens is 260 g/mol. The molecule has 2 heteroatoms. The van der Waals surface area contributed by atoms with Gasteiger partial charge in [0.2, 0.25) is 0 Å². The fourth-order valence-electron chi connectivity index (χ4n) is 2.68. The molecule has 0 N–H and O–H groups in total. The van der Waals surface area contributed by atoms with Crippen molar-refractivity contribution in [3.63, 3.8) is 0 Å². The number of hydrogen-bond acceptors (Lipinski definition) is 2. The number of carbonyl (C=O) groups is 1. The van der Waals surface area contributed by atoms with Gasteiger partial charge in [-0.25, -0.2) is 0 Å². The molecular formula is C19H30O2. The van der Waals surface area contributed by atoms with E-state index in [1.165, 1.54) is 31.2 Å². The Balaban J connectivity index is 2.40. The SMILES string of the molecule is CCCCCCC(CCc1ccccc1)CC(=O)OCC. The standard InChI is InChI=1S/C19H30O2/c1-3-5-6-8-13-18(16-19(20)21-4-2)15-14-17-11-9-7-10-12-17/h7,9-12,18H,3-6,8,13-16H2,1-2H3. The van der Waals surface area contributed by atoms with Gasteiger partial charge in [-0.1, -0.05) is 62.9 Å². The van der Waals surface area contributed by atoms with Gasteiger partial charge in [0, 0.05) is 6.42 Å². The van der Waals surface area contributed by atoms with Crippen molar-refractivity contribution < 1.29 is 9.53 Å². The Bertz CT molecular complexity index is 372. The van der Waals surface area contributed by atoms with Crippen molar-refractivity contribution in [3.8, 4) is 0 Å². The molecule has 1 atom stereocenters. The van der Waals surface area contributed by atoms with Gasteiger partial charge >= 0.3 is 5.97 Å². The second-order valence-corrected chi connectivity index (χ2v) is 5.75. The minimum Gasteiger partial charge on any atom is -0.466 e.